The lowest BCUT2D eigenvalue weighted by molar-refractivity contribution is -0.231. The second-order valence-electron chi connectivity index (χ2n) is 12.5. The van der Waals surface area contributed by atoms with Crippen LogP contribution in [0.15, 0.2) is 41.5 Å². The maximum Gasteiger partial charge on any atom is 0.338 e. The molecule has 0 saturated heterocycles. The Labute approximate surface area is 247 Å². The van der Waals surface area contributed by atoms with E-state index in [9.17, 15) is 24.6 Å². The average Bonchev–Trinajstić information content (AvgIpc) is 2.95. The quantitative estimate of drug-likeness (QED) is 0.265. The molecular formula is C32H44O10. The van der Waals surface area contributed by atoms with Gasteiger partial charge in [0.05, 0.1) is 35.9 Å². The first kappa shape index (κ1) is 32.3. The molecule has 2 saturated carbocycles. The summed E-state index contributed by atoms with van der Waals surface area (Å²) in [5.41, 5.74) is -2.89. The molecule has 3 aliphatic rings. The summed E-state index contributed by atoms with van der Waals surface area (Å²) < 4.78 is 29.2. The van der Waals surface area contributed by atoms with Gasteiger partial charge in [0.2, 0.25) is 0 Å². The highest BCUT2D eigenvalue weighted by atomic mass is 16.6. The number of benzene rings is 1. The topological polar surface area (TPSA) is 138 Å². The van der Waals surface area contributed by atoms with Crippen LogP contribution in [0.3, 0.4) is 0 Å². The van der Waals surface area contributed by atoms with Crippen molar-refractivity contribution in [1.82, 2.24) is 0 Å². The Morgan fingerprint density at radius 1 is 1.02 bits per heavy atom. The summed E-state index contributed by atoms with van der Waals surface area (Å²) in [6.45, 7) is 8.61. The van der Waals surface area contributed by atoms with Crippen LogP contribution in [-0.4, -0.2) is 91.5 Å². The number of hydrogen-bond donors (Lipinski definition) is 2. The summed E-state index contributed by atoms with van der Waals surface area (Å²) in [6, 6.07) is 8.46. The fourth-order valence-corrected chi connectivity index (χ4v) is 7.53. The Balaban J connectivity index is 1.89. The van der Waals surface area contributed by atoms with Crippen LogP contribution in [0.4, 0.5) is 0 Å². The third-order valence-corrected chi connectivity index (χ3v) is 9.99. The van der Waals surface area contributed by atoms with Gasteiger partial charge in [0.15, 0.2) is 5.78 Å². The Morgan fingerprint density at radius 3 is 2.29 bits per heavy atom. The maximum atomic E-state index is 14.7. The minimum absolute atomic E-state index is 0.0547. The largest absolute Gasteiger partial charge is 0.463 e. The highest BCUT2D eigenvalue weighted by molar-refractivity contribution is 5.94. The van der Waals surface area contributed by atoms with E-state index >= 15 is 0 Å². The summed E-state index contributed by atoms with van der Waals surface area (Å²) in [5, 5.41) is 24.0. The number of carbonyl (C=O) groups is 3. The normalized spacial score (nSPS) is 36.0. The van der Waals surface area contributed by atoms with E-state index in [0.29, 0.717) is 23.1 Å². The van der Waals surface area contributed by atoms with Gasteiger partial charge in [-0.15, -0.1) is 0 Å². The Bertz CT molecular complexity index is 1210. The molecule has 0 heterocycles. The molecule has 0 radical (unpaired) electrons. The molecule has 0 unspecified atom stereocenters. The van der Waals surface area contributed by atoms with Crippen LogP contribution in [0.5, 0.6) is 0 Å². The second-order valence-corrected chi connectivity index (χ2v) is 12.5. The molecule has 1 aromatic rings. The van der Waals surface area contributed by atoms with Crippen molar-refractivity contribution in [3.63, 3.8) is 0 Å². The lowest BCUT2D eigenvalue weighted by Crippen LogP contribution is -2.71. The lowest BCUT2D eigenvalue weighted by atomic mass is 9.48. The zero-order valence-corrected chi connectivity index (χ0v) is 25.5. The van der Waals surface area contributed by atoms with E-state index in [-0.39, 0.29) is 31.8 Å². The van der Waals surface area contributed by atoms with Crippen molar-refractivity contribution in [2.45, 2.75) is 90.0 Å². The van der Waals surface area contributed by atoms with E-state index in [4.69, 9.17) is 23.7 Å². The predicted octanol–water partition coefficient (Wildman–Crippen LogP) is 3.03. The van der Waals surface area contributed by atoms with E-state index in [0.717, 1.165) is 0 Å². The summed E-state index contributed by atoms with van der Waals surface area (Å²) in [5.74, 6) is -2.14. The standard InChI is InChI=1S/C32H44O10/c1-18-23(34)17-32(37)28(42-29(36)20-11-9-8-10-12-20)22-15-21(41-14-13-40-19(2)33)16-24(38-6)31(22,5)27(35)26(39-7)25(18)30(32,3)4/h8-12,21-24,26,28,34,37H,13-17H2,1-7H3/t21-,22-,23-,24-,26+,28-,31-,32+/m0/s1. The van der Waals surface area contributed by atoms with Gasteiger partial charge in [-0.05, 0) is 43.5 Å². The zero-order chi connectivity index (χ0) is 31.0. The average molecular weight is 589 g/mol. The third kappa shape index (κ3) is 5.32. The highest BCUT2D eigenvalue weighted by Crippen LogP contribution is 2.60. The molecule has 0 amide bonds. The maximum absolute atomic E-state index is 14.7. The van der Waals surface area contributed by atoms with E-state index in [1.54, 1.807) is 58.0 Å². The molecule has 10 nitrogen and oxygen atoms in total. The van der Waals surface area contributed by atoms with Crippen molar-refractivity contribution in [2.75, 3.05) is 27.4 Å². The molecule has 0 spiro atoms. The van der Waals surface area contributed by atoms with Gasteiger partial charge in [0.1, 0.15) is 24.4 Å². The number of fused-ring (bicyclic) bond motifs is 3. The number of carbonyl (C=O) groups excluding carboxylic acids is 3. The van der Waals surface area contributed by atoms with Gasteiger partial charge >= 0.3 is 11.9 Å². The highest BCUT2D eigenvalue weighted by Gasteiger charge is 2.69. The number of methoxy groups -OCH3 is 2. The fraction of sp³-hybridized carbons (Fsp3) is 0.656. The number of hydrogen-bond acceptors (Lipinski definition) is 10. The predicted molar refractivity (Wildman–Crippen MR) is 152 cm³/mol. The molecular weight excluding hydrogens is 544 g/mol. The van der Waals surface area contributed by atoms with Gasteiger partial charge in [-0.1, -0.05) is 32.0 Å². The second kappa shape index (κ2) is 12.2. The van der Waals surface area contributed by atoms with Crippen molar-refractivity contribution >= 4 is 17.7 Å². The van der Waals surface area contributed by atoms with Gasteiger partial charge in [-0.2, -0.15) is 0 Å². The first-order valence-corrected chi connectivity index (χ1v) is 14.5. The molecule has 10 heteroatoms. The first-order chi connectivity index (χ1) is 19.7. The smallest absolute Gasteiger partial charge is 0.338 e. The van der Waals surface area contributed by atoms with Crippen LogP contribution >= 0.6 is 0 Å². The first-order valence-electron chi connectivity index (χ1n) is 14.5. The number of ether oxygens (including phenoxy) is 5. The summed E-state index contributed by atoms with van der Waals surface area (Å²) in [4.78, 5) is 39.6. The SMILES string of the molecule is CO[C@H]1C(=O)[C@]2(C)[C@@H](OC)C[C@@H](OCCOC(C)=O)C[C@H]2[C@H](OC(=O)c2ccccc2)[C@]2(O)C[C@H](O)C(C)=C1C2(C)C. The van der Waals surface area contributed by atoms with Crippen LogP contribution in [0.2, 0.25) is 0 Å². The van der Waals surface area contributed by atoms with Crippen LogP contribution < -0.4 is 0 Å². The van der Waals surface area contributed by atoms with E-state index in [2.05, 4.69) is 0 Å². The van der Waals surface area contributed by atoms with Crippen molar-refractivity contribution in [3.8, 4) is 0 Å². The third-order valence-electron chi connectivity index (χ3n) is 9.99. The molecule has 2 N–H and O–H groups in total. The minimum atomic E-state index is -1.80. The summed E-state index contributed by atoms with van der Waals surface area (Å²) in [7, 11) is 2.96. The molecule has 2 bridgehead atoms. The van der Waals surface area contributed by atoms with E-state index < -0.39 is 64.8 Å². The number of rotatable bonds is 8. The molecule has 232 valence electrons. The Hall–Kier alpha value is -2.63. The fourth-order valence-electron chi connectivity index (χ4n) is 7.53. The van der Waals surface area contributed by atoms with Gasteiger partial charge in [0.25, 0.3) is 0 Å². The Morgan fingerprint density at radius 2 is 1.69 bits per heavy atom. The van der Waals surface area contributed by atoms with E-state index in [1.807, 2.05) is 0 Å². The molecule has 2 fully saturated rings. The van der Waals surface area contributed by atoms with Crippen LogP contribution in [0.1, 0.15) is 64.2 Å². The van der Waals surface area contributed by atoms with Gasteiger partial charge in [-0.25, -0.2) is 4.79 Å². The molecule has 42 heavy (non-hydrogen) atoms. The minimum Gasteiger partial charge on any atom is -0.463 e. The van der Waals surface area contributed by atoms with Crippen molar-refractivity contribution < 1.29 is 48.3 Å². The van der Waals surface area contributed by atoms with Gasteiger partial charge < -0.3 is 33.9 Å². The number of aliphatic hydroxyl groups excluding tert-OH is 1. The molecule has 1 aromatic carbocycles. The van der Waals surface area contributed by atoms with E-state index in [1.165, 1.54) is 21.1 Å². The zero-order valence-electron chi connectivity index (χ0n) is 25.5. The monoisotopic (exact) mass is 588 g/mol. The Kier molecular flexibility index (Phi) is 9.35. The summed E-state index contributed by atoms with van der Waals surface area (Å²) >= 11 is 0. The van der Waals surface area contributed by atoms with Crippen molar-refractivity contribution in [2.24, 2.45) is 16.7 Å². The summed E-state index contributed by atoms with van der Waals surface area (Å²) in [6.07, 6.45) is -4.09. The lowest BCUT2D eigenvalue weighted by Gasteiger charge is -2.61. The molecule has 8 atom stereocenters. The molecule has 3 aliphatic carbocycles. The van der Waals surface area contributed by atoms with Crippen LogP contribution in [0, 0.1) is 16.7 Å². The van der Waals surface area contributed by atoms with Crippen molar-refractivity contribution in [3.05, 3.63) is 47.0 Å². The van der Waals surface area contributed by atoms with Crippen LogP contribution in [-0.2, 0) is 33.3 Å². The molecule has 0 aliphatic heterocycles. The number of Topliss-reactive ketones (excluding diaryl/α,β-unsaturated/α-hetero) is 1. The number of ketones is 1. The molecule has 4 rings (SSSR count). The van der Waals surface area contributed by atoms with Crippen LogP contribution in [0.25, 0.3) is 0 Å². The number of esters is 2. The molecule has 0 aromatic heterocycles. The van der Waals surface area contributed by atoms with Crippen molar-refractivity contribution in [1.29, 1.82) is 0 Å². The number of aliphatic hydroxyl groups is 2. The van der Waals surface area contributed by atoms with Gasteiger partial charge in [-0.3, -0.25) is 9.59 Å². The van der Waals surface area contributed by atoms with Gasteiger partial charge in [0, 0.05) is 45.3 Å².